The fourth-order valence-electron chi connectivity index (χ4n) is 3.69. The Morgan fingerprint density at radius 3 is 2.49 bits per heavy atom. The van der Waals surface area contributed by atoms with Gasteiger partial charge in [-0.3, -0.25) is 0 Å². The summed E-state index contributed by atoms with van der Waals surface area (Å²) >= 11 is 1.60. The van der Waals surface area contributed by atoms with Crippen molar-refractivity contribution in [3.8, 4) is 5.75 Å². The van der Waals surface area contributed by atoms with Crippen LogP contribution in [0.1, 0.15) is 31.2 Å². The fraction of sp³-hybridized carbons (Fsp3) is 0.333. The number of carbonyl (C=O) groups excluding carboxylic acids is 1. The van der Waals surface area contributed by atoms with E-state index in [4.69, 9.17) is 9.47 Å². The van der Waals surface area contributed by atoms with Crippen LogP contribution in [0.2, 0.25) is 0 Å². The van der Waals surface area contributed by atoms with Gasteiger partial charge in [-0.1, -0.05) is 35.6 Å². The van der Waals surface area contributed by atoms with Crippen molar-refractivity contribution in [1.82, 2.24) is 9.88 Å². The maximum Gasteiger partial charge on any atom is 0.410 e. The third kappa shape index (κ3) is 6.99. The van der Waals surface area contributed by atoms with Gasteiger partial charge in [-0.2, -0.15) is 0 Å². The summed E-state index contributed by atoms with van der Waals surface area (Å²) in [6.45, 7) is 8.49. The van der Waals surface area contributed by atoms with Crippen LogP contribution in [0.25, 0.3) is 12.2 Å². The second-order valence-electron chi connectivity index (χ2n) is 9.30. The topological polar surface area (TPSA) is 66.9 Å². The Kier molecular flexibility index (Phi) is 7.60. The maximum atomic E-state index is 12.3. The molecule has 1 aliphatic rings. The standard InChI is InChI=1S/C27H32N4O3S/c1-27(2,3)34-26(32)31-16-14-30(15-17-31)22-7-5-6-21(18-22)29-25-28-19-24(35-25)13-10-20-8-11-23(33-4)12-9-20/h5-13,18-19H,14-17H2,1-4H3,(H,28,29). The van der Waals surface area contributed by atoms with Crippen LogP contribution < -0.4 is 15.0 Å². The Bertz CT molecular complexity index is 1160. The third-order valence-electron chi connectivity index (χ3n) is 5.47. The molecule has 1 saturated heterocycles. The largest absolute Gasteiger partial charge is 0.497 e. The molecule has 2 heterocycles. The molecule has 1 fully saturated rings. The van der Waals surface area contributed by atoms with Gasteiger partial charge in [0.05, 0.1) is 7.11 Å². The van der Waals surface area contributed by atoms with E-state index in [0.29, 0.717) is 13.1 Å². The molecule has 7 nitrogen and oxygen atoms in total. The van der Waals surface area contributed by atoms with Gasteiger partial charge in [0, 0.05) is 48.6 Å². The minimum absolute atomic E-state index is 0.242. The highest BCUT2D eigenvalue weighted by Crippen LogP contribution is 2.27. The van der Waals surface area contributed by atoms with E-state index in [0.717, 1.165) is 45.8 Å². The molecule has 1 amide bonds. The van der Waals surface area contributed by atoms with Crippen molar-refractivity contribution >= 4 is 46.1 Å². The van der Waals surface area contributed by atoms with Crippen LogP contribution in [0.5, 0.6) is 5.75 Å². The first-order valence-corrected chi connectivity index (χ1v) is 12.5. The quantitative estimate of drug-likeness (QED) is 0.447. The number of benzene rings is 2. The third-order valence-corrected chi connectivity index (χ3v) is 6.35. The average molecular weight is 493 g/mol. The number of rotatable bonds is 6. The number of anilines is 3. The van der Waals surface area contributed by atoms with E-state index in [1.54, 1.807) is 23.3 Å². The Labute approximate surface area is 211 Å². The van der Waals surface area contributed by atoms with Crippen molar-refractivity contribution in [3.63, 3.8) is 0 Å². The number of carbonyl (C=O) groups is 1. The summed E-state index contributed by atoms with van der Waals surface area (Å²) in [6, 6.07) is 16.2. The Balaban J connectivity index is 1.33. The van der Waals surface area contributed by atoms with E-state index in [9.17, 15) is 4.79 Å². The number of nitrogens with one attached hydrogen (secondary N) is 1. The predicted octanol–water partition coefficient (Wildman–Crippen LogP) is 6.12. The first-order chi connectivity index (χ1) is 16.8. The highest BCUT2D eigenvalue weighted by molar-refractivity contribution is 7.16. The highest BCUT2D eigenvalue weighted by atomic mass is 32.1. The summed E-state index contributed by atoms with van der Waals surface area (Å²) in [5.41, 5.74) is 2.73. The lowest BCUT2D eigenvalue weighted by Crippen LogP contribution is -2.50. The molecule has 8 heteroatoms. The predicted molar refractivity (Wildman–Crippen MR) is 144 cm³/mol. The number of ether oxygens (including phenoxy) is 2. The minimum atomic E-state index is -0.477. The molecule has 3 aromatic rings. The molecule has 2 aromatic carbocycles. The van der Waals surface area contributed by atoms with Gasteiger partial charge in [0.2, 0.25) is 0 Å². The zero-order valence-corrected chi connectivity index (χ0v) is 21.5. The van der Waals surface area contributed by atoms with E-state index < -0.39 is 5.60 Å². The Morgan fingerprint density at radius 1 is 1.06 bits per heavy atom. The van der Waals surface area contributed by atoms with Crippen molar-refractivity contribution in [1.29, 1.82) is 0 Å². The number of hydrogen-bond donors (Lipinski definition) is 1. The van der Waals surface area contributed by atoms with Gasteiger partial charge in [0.15, 0.2) is 5.13 Å². The fourth-order valence-corrected chi connectivity index (χ4v) is 4.43. The summed E-state index contributed by atoms with van der Waals surface area (Å²) in [7, 11) is 1.67. The molecule has 35 heavy (non-hydrogen) atoms. The number of amides is 1. The molecule has 1 aliphatic heterocycles. The zero-order valence-electron chi connectivity index (χ0n) is 20.7. The van der Waals surface area contributed by atoms with E-state index in [1.807, 2.05) is 63.4 Å². The van der Waals surface area contributed by atoms with Crippen LogP contribution in [-0.2, 0) is 4.74 Å². The molecule has 0 atom stereocenters. The van der Waals surface area contributed by atoms with Gasteiger partial charge in [-0.25, -0.2) is 9.78 Å². The first kappa shape index (κ1) is 24.6. The molecule has 0 radical (unpaired) electrons. The van der Waals surface area contributed by atoms with E-state index in [1.165, 1.54) is 0 Å². The van der Waals surface area contributed by atoms with Crippen LogP contribution in [0.4, 0.5) is 21.3 Å². The second-order valence-corrected chi connectivity index (χ2v) is 10.4. The van der Waals surface area contributed by atoms with Crippen molar-refractivity contribution in [2.24, 2.45) is 0 Å². The molecular weight excluding hydrogens is 460 g/mol. The number of hydrogen-bond acceptors (Lipinski definition) is 7. The molecule has 0 aliphatic carbocycles. The number of thiazole rings is 1. The van der Waals surface area contributed by atoms with Gasteiger partial charge in [-0.15, -0.1) is 0 Å². The lowest BCUT2D eigenvalue weighted by atomic mass is 10.2. The summed E-state index contributed by atoms with van der Waals surface area (Å²) < 4.78 is 10.7. The van der Waals surface area contributed by atoms with E-state index in [-0.39, 0.29) is 6.09 Å². The molecule has 1 N–H and O–H groups in total. The Hall–Kier alpha value is -3.52. The van der Waals surface area contributed by atoms with Crippen molar-refractivity contribution in [3.05, 3.63) is 65.2 Å². The number of piperazine rings is 1. The summed E-state index contributed by atoms with van der Waals surface area (Å²) in [5.74, 6) is 0.846. The highest BCUT2D eigenvalue weighted by Gasteiger charge is 2.26. The molecule has 0 bridgehead atoms. The van der Waals surface area contributed by atoms with Gasteiger partial charge >= 0.3 is 6.09 Å². The van der Waals surface area contributed by atoms with Crippen molar-refractivity contribution in [2.75, 3.05) is 43.5 Å². The minimum Gasteiger partial charge on any atom is -0.497 e. The molecular formula is C27H32N4O3S. The molecule has 1 aromatic heterocycles. The summed E-state index contributed by atoms with van der Waals surface area (Å²) in [4.78, 5) is 22.0. The van der Waals surface area contributed by atoms with Crippen LogP contribution in [0.3, 0.4) is 0 Å². The van der Waals surface area contributed by atoms with Crippen molar-refractivity contribution in [2.45, 2.75) is 26.4 Å². The SMILES string of the molecule is COc1ccc(C=Cc2cnc(Nc3cccc(N4CCN(C(=O)OC(C)(C)C)CC4)c3)s2)cc1. The van der Waals surface area contributed by atoms with Gasteiger partial charge in [-0.05, 0) is 62.7 Å². The molecule has 0 spiro atoms. The Morgan fingerprint density at radius 2 is 1.80 bits per heavy atom. The second kappa shape index (κ2) is 10.8. The maximum absolute atomic E-state index is 12.3. The summed E-state index contributed by atoms with van der Waals surface area (Å²) in [5, 5.41) is 4.25. The van der Waals surface area contributed by atoms with Gasteiger partial charge in [0.25, 0.3) is 0 Å². The molecule has 184 valence electrons. The van der Waals surface area contributed by atoms with E-state index in [2.05, 4.69) is 39.5 Å². The smallest absolute Gasteiger partial charge is 0.410 e. The number of aromatic nitrogens is 1. The van der Waals surface area contributed by atoms with Gasteiger partial charge in [0.1, 0.15) is 11.4 Å². The van der Waals surface area contributed by atoms with Crippen molar-refractivity contribution < 1.29 is 14.3 Å². The molecule has 0 unspecified atom stereocenters. The van der Waals surface area contributed by atoms with Gasteiger partial charge < -0.3 is 24.6 Å². The monoisotopic (exact) mass is 492 g/mol. The molecule has 0 saturated carbocycles. The zero-order chi connectivity index (χ0) is 24.8. The van der Waals surface area contributed by atoms with Crippen LogP contribution in [0, 0.1) is 0 Å². The normalized spacial score (nSPS) is 14.3. The first-order valence-electron chi connectivity index (χ1n) is 11.7. The van der Waals surface area contributed by atoms with E-state index >= 15 is 0 Å². The van der Waals surface area contributed by atoms with Crippen LogP contribution >= 0.6 is 11.3 Å². The lowest BCUT2D eigenvalue weighted by molar-refractivity contribution is 0.0240. The number of nitrogens with zero attached hydrogens (tertiary/aromatic N) is 3. The van der Waals surface area contributed by atoms with Crippen LogP contribution in [-0.4, -0.2) is 54.9 Å². The number of methoxy groups -OCH3 is 1. The lowest BCUT2D eigenvalue weighted by Gasteiger charge is -2.36. The average Bonchev–Trinajstić information content (AvgIpc) is 3.29. The summed E-state index contributed by atoms with van der Waals surface area (Å²) in [6.07, 6.45) is 5.75. The van der Waals surface area contributed by atoms with Crippen LogP contribution in [0.15, 0.2) is 54.7 Å². The molecule has 4 rings (SSSR count).